The monoisotopic (exact) mass is 253 g/mol. The molecule has 0 radical (unpaired) electrons. The zero-order chi connectivity index (χ0) is 14.0. The van der Waals surface area contributed by atoms with E-state index >= 15 is 0 Å². The molecule has 0 fully saturated rings. The van der Waals surface area contributed by atoms with Crippen molar-refractivity contribution in [2.45, 2.75) is 20.8 Å². The Hall–Kier alpha value is -2.21. The maximum Gasteiger partial charge on any atom is 0.110 e. The minimum atomic E-state index is -0.0324. The van der Waals surface area contributed by atoms with Crippen LogP contribution in [0.1, 0.15) is 26.3 Å². The lowest BCUT2D eigenvalue weighted by molar-refractivity contribution is 0.571. The van der Waals surface area contributed by atoms with Gasteiger partial charge in [0.05, 0.1) is 5.56 Å². The summed E-state index contributed by atoms with van der Waals surface area (Å²) in [5.74, 6) is 6.45. The Morgan fingerprint density at radius 1 is 1.21 bits per heavy atom. The molecule has 0 aliphatic rings. The van der Waals surface area contributed by atoms with E-state index in [1.54, 1.807) is 4.68 Å². The molecular formula is C16H19N3. The highest BCUT2D eigenvalue weighted by atomic mass is 15.2. The second-order valence-corrected chi connectivity index (χ2v) is 5.65. The fraction of sp³-hybridized carbons (Fsp3) is 0.312. The lowest BCUT2D eigenvalue weighted by atomic mass is 9.97. The summed E-state index contributed by atoms with van der Waals surface area (Å²) >= 11 is 0. The van der Waals surface area contributed by atoms with E-state index in [0.29, 0.717) is 0 Å². The number of aromatic nitrogens is 2. The van der Waals surface area contributed by atoms with Crippen molar-refractivity contribution < 1.29 is 0 Å². The zero-order valence-electron chi connectivity index (χ0n) is 11.9. The normalized spacial score (nSPS) is 10.9. The third-order valence-electron chi connectivity index (χ3n) is 2.62. The SMILES string of the molecule is Cn1cc(C#CC(C)(C)C)c(-c2ccccc2N)n1. The van der Waals surface area contributed by atoms with Crippen LogP contribution in [0.2, 0.25) is 0 Å². The minimum absolute atomic E-state index is 0.0324. The molecule has 1 aromatic heterocycles. The highest BCUT2D eigenvalue weighted by molar-refractivity contribution is 5.77. The second kappa shape index (κ2) is 4.81. The maximum atomic E-state index is 6.02. The number of hydrogen-bond acceptors (Lipinski definition) is 2. The predicted molar refractivity (Wildman–Crippen MR) is 79.4 cm³/mol. The Morgan fingerprint density at radius 2 is 1.89 bits per heavy atom. The van der Waals surface area contributed by atoms with Gasteiger partial charge in [-0.3, -0.25) is 4.68 Å². The van der Waals surface area contributed by atoms with E-state index in [0.717, 1.165) is 22.5 Å². The molecule has 0 bridgehead atoms. The van der Waals surface area contributed by atoms with Crippen LogP contribution >= 0.6 is 0 Å². The van der Waals surface area contributed by atoms with Crippen LogP contribution in [0.5, 0.6) is 0 Å². The van der Waals surface area contributed by atoms with Crippen molar-refractivity contribution in [1.29, 1.82) is 0 Å². The molecule has 1 heterocycles. The molecule has 0 aliphatic carbocycles. The van der Waals surface area contributed by atoms with Gasteiger partial charge in [0, 0.05) is 29.9 Å². The Kier molecular flexibility index (Phi) is 3.35. The summed E-state index contributed by atoms with van der Waals surface area (Å²) in [6.45, 7) is 6.27. The zero-order valence-corrected chi connectivity index (χ0v) is 11.9. The first-order valence-electron chi connectivity index (χ1n) is 6.28. The molecule has 3 heteroatoms. The number of hydrogen-bond donors (Lipinski definition) is 1. The van der Waals surface area contributed by atoms with E-state index in [1.807, 2.05) is 37.5 Å². The molecule has 3 nitrogen and oxygen atoms in total. The van der Waals surface area contributed by atoms with E-state index in [2.05, 4.69) is 37.7 Å². The maximum absolute atomic E-state index is 6.02. The van der Waals surface area contributed by atoms with Crippen molar-refractivity contribution in [1.82, 2.24) is 9.78 Å². The van der Waals surface area contributed by atoms with Gasteiger partial charge in [0.2, 0.25) is 0 Å². The third-order valence-corrected chi connectivity index (χ3v) is 2.62. The van der Waals surface area contributed by atoms with Crippen molar-refractivity contribution >= 4 is 5.69 Å². The van der Waals surface area contributed by atoms with Gasteiger partial charge in [-0.05, 0) is 26.8 Å². The predicted octanol–water partition coefficient (Wildman–Crippen LogP) is 3.07. The summed E-state index contributed by atoms with van der Waals surface area (Å²) in [6.07, 6.45) is 1.93. The standard InChI is InChI=1S/C16H19N3/c1-16(2,3)10-9-12-11-19(4)18-15(12)13-7-5-6-8-14(13)17/h5-8,11H,17H2,1-4H3. The smallest absolute Gasteiger partial charge is 0.110 e. The van der Waals surface area contributed by atoms with Gasteiger partial charge in [-0.1, -0.05) is 30.0 Å². The van der Waals surface area contributed by atoms with Gasteiger partial charge in [-0.15, -0.1) is 0 Å². The van der Waals surface area contributed by atoms with E-state index in [4.69, 9.17) is 5.73 Å². The van der Waals surface area contributed by atoms with Crippen LogP contribution < -0.4 is 5.73 Å². The molecular weight excluding hydrogens is 234 g/mol. The third kappa shape index (κ3) is 3.17. The molecule has 0 saturated carbocycles. The van der Waals surface area contributed by atoms with Gasteiger partial charge < -0.3 is 5.73 Å². The van der Waals surface area contributed by atoms with Crippen LogP contribution in [-0.2, 0) is 7.05 Å². The molecule has 0 saturated heterocycles. The fourth-order valence-corrected chi connectivity index (χ4v) is 1.75. The number of nitrogen functional groups attached to an aromatic ring is 1. The van der Waals surface area contributed by atoms with Crippen LogP contribution in [0.25, 0.3) is 11.3 Å². The van der Waals surface area contributed by atoms with Crippen molar-refractivity contribution in [3.05, 3.63) is 36.0 Å². The van der Waals surface area contributed by atoms with Crippen molar-refractivity contribution in [2.24, 2.45) is 12.5 Å². The van der Waals surface area contributed by atoms with Gasteiger partial charge in [0.1, 0.15) is 5.69 Å². The molecule has 98 valence electrons. The number of nitrogens with two attached hydrogens (primary N) is 1. The fourth-order valence-electron chi connectivity index (χ4n) is 1.75. The Labute approximate surface area is 114 Å². The first kappa shape index (κ1) is 13.2. The van der Waals surface area contributed by atoms with Crippen LogP contribution in [-0.4, -0.2) is 9.78 Å². The van der Waals surface area contributed by atoms with Crippen LogP contribution in [0.3, 0.4) is 0 Å². The van der Waals surface area contributed by atoms with Gasteiger partial charge in [0.25, 0.3) is 0 Å². The molecule has 0 amide bonds. The number of benzene rings is 1. The van der Waals surface area contributed by atoms with E-state index in [1.165, 1.54) is 0 Å². The molecule has 19 heavy (non-hydrogen) atoms. The van der Waals surface area contributed by atoms with Gasteiger partial charge in [0.15, 0.2) is 0 Å². The molecule has 1 aromatic carbocycles. The first-order valence-corrected chi connectivity index (χ1v) is 6.28. The van der Waals surface area contributed by atoms with Gasteiger partial charge in [-0.2, -0.15) is 5.10 Å². The summed E-state index contributed by atoms with van der Waals surface area (Å²) in [6, 6.07) is 7.73. The number of nitrogens with zero attached hydrogens (tertiary/aromatic N) is 2. The quantitative estimate of drug-likeness (QED) is 0.627. The van der Waals surface area contributed by atoms with Crippen LogP contribution in [0.15, 0.2) is 30.5 Å². The number of para-hydroxylation sites is 1. The molecule has 2 aromatic rings. The Balaban J connectivity index is 2.53. The molecule has 2 rings (SSSR count). The number of rotatable bonds is 1. The average molecular weight is 253 g/mol. The molecule has 0 unspecified atom stereocenters. The lowest BCUT2D eigenvalue weighted by Gasteiger charge is -2.07. The summed E-state index contributed by atoms with van der Waals surface area (Å²) in [5.41, 5.74) is 9.39. The number of anilines is 1. The Morgan fingerprint density at radius 3 is 2.53 bits per heavy atom. The molecule has 0 aliphatic heterocycles. The van der Waals surface area contributed by atoms with E-state index in [9.17, 15) is 0 Å². The molecule has 2 N–H and O–H groups in total. The average Bonchev–Trinajstić information content (AvgIpc) is 2.67. The summed E-state index contributed by atoms with van der Waals surface area (Å²) in [5, 5.41) is 4.48. The summed E-state index contributed by atoms with van der Waals surface area (Å²) < 4.78 is 1.77. The molecule has 0 spiro atoms. The van der Waals surface area contributed by atoms with Crippen molar-refractivity contribution in [3.63, 3.8) is 0 Å². The largest absolute Gasteiger partial charge is 0.398 e. The van der Waals surface area contributed by atoms with Crippen molar-refractivity contribution in [3.8, 4) is 23.1 Å². The van der Waals surface area contributed by atoms with E-state index < -0.39 is 0 Å². The first-order chi connectivity index (χ1) is 8.87. The second-order valence-electron chi connectivity index (χ2n) is 5.65. The van der Waals surface area contributed by atoms with Gasteiger partial charge >= 0.3 is 0 Å². The van der Waals surface area contributed by atoms with E-state index in [-0.39, 0.29) is 5.41 Å². The summed E-state index contributed by atoms with van der Waals surface area (Å²) in [4.78, 5) is 0. The summed E-state index contributed by atoms with van der Waals surface area (Å²) in [7, 11) is 1.89. The molecule has 0 atom stereocenters. The van der Waals surface area contributed by atoms with Crippen molar-refractivity contribution in [2.75, 3.05) is 5.73 Å². The van der Waals surface area contributed by atoms with Crippen LogP contribution in [0, 0.1) is 17.3 Å². The Bertz CT molecular complexity index is 649. The number of aryl methyl sites for hydroxylation is 1. The highest BCUT2D eigenvalue weighted by Crippen LogP contribution is 2.27. The lowest BCUT2D eigenvalue weighted by Crippen LogP contribution is -1.99. The topological polar surface area (TPSA) is 43.8 Å². The minimum Gasteiger partial charge on any atom is -0.398 e. The highest BCUT2D eigenvalue weighted by Gasteiger charge is 2.11. The van der Waals surface area contributed by atoms with Gasteiger partial charge in [-0.25, -0.2) is 0 Å². The van der Waals surface area contributed by atoms with Crippen LogP contribution in [0.4, 0.5) is 5.69 Å².